The fourth-order valence-corrected chi connectivity index (χ4v) is 5.12. The van der Waals surface area contributed by atoms with Crippen LogP contribution in [0.4, 0.5) is 13.2 Å². The van der Waals surface area contributed by atoms with Crippen molar-refractivity contribution in [2.45, 2.75) is 64.5 Å². The predicted octanol–water partition coefficient (Wildman–Crippen LogP) is 4.99. The zero-order valence-corrected chi connectivity index (χ0v) is 20.4. The normalized spacial score (nSPS) is 20.2. The van der Waals surface area contributed by atoms with E-state index in [4.69, 9.17) is 0 Å². The lowest BCUT2D eigenvalue weighted by atomic mass is 9.94. The van der Waals surface area contributed by atoms with Gasteiger partial charge in [0.05, 0.1) is 17.3 Å². The molecule has 0 saturated carbocycles. The number of piperidine rings is 1. The summed E-state index contributed by atoms with van der Waals surface area (Å²) in [7, 11) is 0. The molecule has 2 heterocycles. The Morgan fingerprint density at radius 3 is 2.37 bits per heavy atom. The Morgan fingerprint density at radius 1 is 1.11 bits per heavy atom. The predicted molar refractivity (Wildman–Crippen MR) is 127 cm³/mol. The summed E-state index contributed by atoms with van der Waals surface area (Å²) in [5.74, 6) is 0.145. The molecule has 2 aromatic rings. The van der Waals surface area contributed by atoms with E-state index in [1.165, 1.54) is 6.07 Å². The first-order valence-electron chi connectivity index (χ1n) is 12.1. The van der Waals surface area contributed by atoms with E-state index in [0.717, 1.165) is 17.7 Å². The quantitative estimate of drug-likeness (QED) is 0.646. The molecule has 2 aliphatic rings. The molecule has 1 unspecified atom stereocenters. The average molecular weight is 488 g/mol. The maximum absolute atomic E-state index is 13.4. The maximum atomic E-state index is 13.4. The molecule has 2 amide bonds. The summed E-state index contributed by atoms with van der Waals surface area (Å²) in [5.41, 5.74) is 0.739. The largest absolute Gasteiger partial charge is 0.416 e. The highest BCUT2D eigenvalue weighted by molar-refractivity contribution is 5.94. The van der Waals surface area contributed by atoms with Crippen molar-refractivity contribution in [3.05, 3.63) is 70.8 Å². The van der Waals surface area contributed by atoms with Crippen molar-refractivity contribution in [2.75, 3.05) is 13.1 Å². The fraction of sp³-hybridized carbons (Fsp3) is 0.481. The maximum Gasteiger partial charge on any atom is 0.416 e. The minimum Gasteiger partial charge on any atom is -0.338 e. The monoisotopic (exact) mass is 487 g/mol. The minimum atomic E-state index is -4.44. The Hall–Kier alpha value is -2.87. The molecule has 35 heavy (non-hydrogen) atoms. The van der Waals surface area contributed by atoms with Crippen molar-refractivity contribution in [3.63, 3.8) is 0 Å². The lowest BCUT2D eigenvalue weighted by Gasteiger charge is -2.44. The number of nitrogens with one attached hydrogen (secondary N) is 1. The number of benzene rings is 2. The molecule has 2 aromatic carbocycles. The van der Waals surface area contributed by atoms with Crippen LogP contribution in [0.15, 0.2) is 48.5 Å². The summed E-state index contributed by atoms with van der Waals surface area (Å²) in [5, 5.41) is 3.53. The Balaban J connectivity index is 1.55. The van der Waals surface area contributed by atoms with Crippen LogP contribution in [0.2, 0.25) is 0 Å². The zero-order chi connectivity index (χ0) is 25.4. The number of carbonyl (C=O) groups is 2. The van der Waals surface area contributed by atoms with Crippen molar-refractivity contribution in [1.82, 2.24) is 15.1 Å². The number of hydrogen-bond acceptors (Lipinski definition) is 3. The van der Waals surface area contributed by atoms with Crippen LogP contribution >= 0.6 is 0 Å². The summed E-state index contributed by atoms with van der Waals surface area (Å²) < 4.78 is 39.8. The highest BCUT2D eigenvalue weighted by Gasteiger charge is 2.51. The second-order valence-corrected chi connectivity index (χ2v) is 10.1. The summed E-state index contributed by atoms with van der Waals surface area (Å²) in [4.78, 5) is 29.9. The Morgan fingerprint density at radius 2 is 1.77 bits per heavy atom. The van der Waals surface area contributed by atoms with Gasteiger partial charge in [-0.2, -0.15) is 13.2 Å². The van der Waals surface area contributed by atoms with Gasteiger partial charge in [-0.25, -0.2) is 0 Å². The van der Waals surface area contributed by atoms with E-state index in [1.54, 1.807) is 15.9 Å². The molecule has 0 bridgehead atoms. The van der Waals surface area contributed by atoms with Gasteiger partial charge in [-0.05, 0) is 49.1 Å². The fourth-order valence-electron chi connectivity index (χ4n) is 5.12. The number of nitrogens with zero attached hydrogens (tertiary/aromatic N) is 2. The van der Waals surface area contributed by atoms with Gasteiger partial charge in [0.1, 0.15) is 0 Å². The van der Waals surface area contributed by atoms with Gasteiger partial charge >= 0.3 is 6.18 Å². The first-order valence-corrected chi connectivity index (χ1v) is 12.1. The van der Waals surface area contributed by atoms with Crippen molar-refractivity contribution in [1.29, 1.82) is 0 Å². The van der Waals surface area contributed by atoms with E-state index in [2.05, 4.69) is 5.32 Å². The SMILES string of the molecule is Cc1ccc(C(=O)N2CCC3(CC2)NC(CC(C)C)C(=O)N3Cc2cccc(C(F)(F)F)c2)cc1. The molecule has 5 nitrogen and oxygen atoms in total. The number of aryl methyl sites for hydroxylation is 1. The van der Waals surface area contributed by atoms with Gasteiger partial charge in [0, 0.05) is 38.0 Å². The molecule has 1 atom stereocenters. The molecular weight excluding hydrogens is 455 g/mol. The van der Waals surface area contributed by atoms with Crippen molar-refractivity contribution >= 4 is 11.8 Å². The molecule has 8 heteroatoms. The molecule has 2 saturated heterocycles. The Bertz CT molecular complexity index is 1070. The topological polar surface area (TPSA) is 52.7 Å². The van der Waals surface area contributed by atoms with Gasteiger partial charge in [0.15, 0.2) is 0 Å². The van der Waals surface area contributed by atoms with Gasteiger partial charge in [0.25, 0.3) is 5.91 Å². The van der Waals surface area contributed by atoms with Crippen molar-refractivity contribution in [3.8, 4) is 0 Å². The smallest absolute Gasteiger partial charge is 0.338 e. The second kappa shape index (κ2) is 9.64. The third kappa shape index (κ3) is 5.37. The highest BCUT2D eigenvalue weighted by atomic mass is 19.4. The number of amides is 2. The van der Waals surface area contributed by atoms with Crippen LogP contribution in [-0.2, 0) is 17.5 Å². The van der Waals surface area contributed by atoms with E-state index in [9.17, 15) is 22.8 Å². The number of alkyl halides is 3. The van der Waals surface area contributed by atoms with Crippen molar-refractivity contribution in [2.24, 2.45) is 5.92 Å². The third-order valence-electron chi connectivity index (χ3n) is 7.00. The lowest BCUT2D eigenvalue weighted by molar-refractivity contribution is -0.137. The third-order valence-corrected chi connectivity index (χ3v) is 7.00. The van der Waals surface area contributed by atoms with E-state index >= 15 is 0 Å². The van der Waals surface area contributed by atoms with Gasteiger partial charge < -0.3 is 9.80 Å². The standard InChI is InChI=1S/C27H32F3N3O2/c1-18(2)15-23-25(35)33(17-20-5-4-6-22(16-20)27(28,29)30)26(31-23)11-13-32(14-12-26)24(34)21-9-7-19(3)8-10-21/h4-10,16,18,23,31H,11-15,17H2,1-3H3. The van der Waals surface area contributed by atoms with Gasteiger partial charge in [0.2, 0.25) is 5.91 Å². The van der Waals surface area contributed by atoms with E-state index in [0.29, 0.717) is 43.5 Å². The van der Waals surface area contributed by atoms with E-state index in [-0.39, 0.29) is 30.3 Å². The van der Waals surface area contributed by atoms with Crippen LogP contribution < -0.4 is 5.32 Å². The average Bonchev–Trinajstić information content (AvgIpc) is 3.04. The van der Waals surface area contributed by atoms with Crippen LogP contribution in [0, 0.1) is 12.8 Å². The molecule has 0 radical (unpaired) electrons. The summed E-state index contributed by atoms with van der Waals surface area (Å²) in [6, 6.07) is 12.2. The molecule has 188 valence electrons. The number of rotatable bonds is 5. The number of halogens is 3. The van der Waals surface area contributed by atoms with E-state index < -0.39 is 17.4 Å². The molecule has 0 aromatic heterocycles. The summed E-state index contributed by atoms with van der Waals surface area (Å²) >= 11 is 0. The molecular formula is C27H32F3N3O2. The number of carbonyl (C=O) groups excluding carboxylic acids is 2. The number of hydrogen-bond donors (Lipinski definition) is 1. The first-order chi connectivity index (χ1) is 16.5. The summed E-state index contributed by atoms with van der Waals surface area (Å²) in [6.45, 7) is 7.06. The van der Waals surface area contributed by atoms with Gasteiger partial charge in [-0.1, -0.05) is 43.7 Å². The van der Waals surface area contributed by atoms with Gasteiger partial charge in [-0.3, -0.25) is 14.9 Å². The second-order valence-electron chi connectivity index (χ2n) is 10.1. The number of likely N-dealkylation sites (tertiary alicyclic amines) is 1. The van der Waals surface area contributed by atoms with Crippen LogP contribution in [0.25, 0.3) is 0 Å². The first kappa shape index (κ1) is 25.2. The van der Waals surface area contributed by atoms with Crippen LogP contribution in [0.3, 0.4) is 0 Å². The molecule has 1 N–H and O–H groups in total. The Labute approximate surface area is 204 Å². The van der Waals surface area contributed by atoms with Crippen LogP contribution in [-0.4, -0.2) is 46.4 Å². The lowest BCUT2D eigenvalue weighted by Crippen LogP contribution is -2.59. The van der Waals surface area contributed by atoms with Crippen LogP contribution in [0.5, 0.6) is 0 Å². The zero-order valence-electron chi connectivity index (χ0n) is 20.4. The van der Waals surface area contributed by atoms with Crippen LogP contribution in [0.1, 0.15) is 60.2 Å². The minimum absolute atomic E-state index is 0.0488. The van der Waals surface area contributed by atoms with E-state index in [1.807, 2.05) is 45.0 Å². The molecule has 4 rings (SSSR count). The molecule has 2 aliphatic heterocycles. The molecule has 2 fully saturated rings. The van der Waals surface area contributed by atoms with Crippen molar-refractivity contribution < 1.29 is 22.8 Å². The highest BCUT2D eigenvalue weighted by Crippen LogP contribution is 2.36. The Kier molecular flexibility index (Phi) is 6.95. The van der Waals surface area contributed by atoms with Gasteiger partial charge in [-0.15, -0.1) is 0 Å². The summed E-state index contributed by atoms with van der Waals surface area (Å²) in [6.07, 6.45) is -2.76. The molecule has 1 spiro atoms. The molecule has 0 aliphatic carbocycles.